The highest BCUT2D eigenvalue weighted by atomic mass is 32.2. The van der Waals surface area contributed by atoms with Crippen LogP contribution in [0, 0.1) is 6.92 Å². The van der Waals surface area contributed by atoms with Crippen LogP contribution in [0.25, 0.3) is 0 Å². The van der Waals surface area contributed by atoms with Crippen molar-refractivity contribution in [2.24, 2.45) is 0 Å². The molecule has 0 aliphatic carbocycles. The third kappa shape index (κ3) is 3.23. The van der Waals surface area contributed by atoms with Gasteiger partial charge < -0.3 is 0 Å². The van der Waals surface area contributed by atoms with Crippen LogP contribution in [0.1, 0.15) is 11.1 Å². The molecule has 0 unspecified atom stereocenters. The van der Waals surface area contributed by atoms with Crippen LogP contribution in [0.4, 0.5) is 13.2 Å². The molecule has 2 aromatic carbocycles. The summed E-state index contributed by atoms with van der Waals surface area (Å²) in [5, 5.41) is 0. The van der Waals surface area contributed by atoms with Gasteiger partial charge in [-0.15, -0.1) is 0 Å². The molecule has 1 nitrogen and oxygen atoms in total. The summed E-state index contributed by atoms with van der Waals surface area (Å²) in [5.74, 6) is 0. The molecular formula is C14H11F3OS. The second-order valence-electron chi connectivity index (χ2n) is 4.10. The van der Waals surface area contributed by atoms with E-state index in [0.29, 0.717) is 9.79 Å². The number of aryl methyl sites for hydroxylation is 1. The zero-order valence-corrected chi connectivity index (χ0v) is 10.9. The molecule has 1 atom stereocenters. The van der Waals surface area contributed by atoms with Crippen molar-refractivity contribution in [1.82, 2.24) is 0 Å². The first-order chi connectivity index (χ1) is 8.88. The van der Waals surface area contributed by atoms with E-state index in [0.717, 1.165) is 17.7 Å². The minimum Gasteiger partial charge on any atom is -0.249 e. The molecule has 100 valence electrons. The van der Waals surface area contributed by atoms with Crippen LogP contribution < -0.4 is 0 Å². The number of rotatable bonds is 2. The van der Waals surface area contributed by atoms with Gasteiger partial charge in [0.05, 0.1) is 16.4 Å². The number of hydrogen-bond acceptors (Lipinski definition) is 1. The largest absolute Gasteiger partial charge is 0.416 e. The van der Waals surface area contributed by atoms with Crippen molar-refractivity contribution in [3.63, 3.8) is 0 Å². The normalized spacial score (nSPS) is 13.3. The van der Waals surface area contributed by atoms with Gasteiger partial charge in [0.15, 0.2) is 0 Å². The van der Waals surface area contributed by atoms with Gasteiger partial charge in [0.1, 0.15) is 0 Å². The van der Waals surface area contributed by atoms with Crippen LogP contribution in [-0.2, 0) is 17.0 Å². The molecule has 19 heavy (non-hydrogen) atoms. The fourth-order valence-corrected chi connectivity index (χ4v) is 2.60. The molecule has 0 saturated carbocycles. The van der Waals surface area contributed by atoms with Crippen molar-refractivity contribution in [2.45, 2.75) is 22.9 Å². The van der Waals surface area contributed by atoms with Gasteiger partial charge in [-0.3, -0.25) is 0 Å². The van der Waals surface area contributed by atoms with Crippen LogP contribution in [-0.4, -0.2) is 4.21 Å². The highest BCUT2D eigenvalue weighted by Gasteiger charge is 2.30. The van der Waals surface area contributed by atoms with Crippen molar-refractivity contribution >= 4 is 10.8 Å². The van der Waals surface area contributed by atoms with Crippen molar-refractivity contribution < 1.29 is 17.4 Å². The standard InChI is InChI=1S/C14H11F3OS/c1-10-2-6-12(7-3-10)19(18)13-8-4-11(5-9-13)14(15,16)17/h2-9H,1H3/t19-/m1/s1. The molecule has 0 aromatic heterocycles. The Morgan fingerprint density at radius 3 is 1.68 bits per heavy atom. The SMILES string of the molecule is Cc1ccc([S@@](=O)c2ccc(C(F)(F)F)cc2)cc1. The predicted octanol–water partition coefficient (Wildman–Crippen LogP) is 4.18. The summed E-state index contributed by atoms with van der Waals surface area (Å²) in [6.07, 6.45) is -4.37. The van der Waals surface area contributed by atoms with E-state index in [1.54, 1.807) is 12.1 Å². The molecule has 0 fully saturated rings. The summed E-state index contributed by atoms with van der Waals surface area (Å²) >= 11 is 0. The first kappa shape index (κ1) is 13.8. The Morgan fingerprint density at radius 1 is 0.842 bits per heavy atom. The lowest BCUT2D eigenvalue weighted by molar-refractivity contribution is -0.137. The van der Waals surface area contributed by atoms with E-state index in [1.165, 1.54) is 12.1 Å². The molecule has 2 rings (SSSR count). The van der Waals surface area contributed by atoms with Crippen LogP contribution >= 0.6 is 0 Å². The first-order valence-electron chi connectivity index (χ1n) is 5.53. The molecule has 0 spiro atoms. The number of alkyl halides is 3. The van der Waals surface area contributed by atoms with Crippen molar-refractivity contribution in [2.75, 3.05) is 0 Å². The van der Waals surface area contributed by atoms with Crippen LogP contribution in [0.2, 0.25) is 0 Å². The van der Waals surface area contributed by atoms with E-state index in [1.807, 2.05) is 19.1 Å². The molecule has 0 radical (unpaired) electrons. The molecule has 0 saturated heterocycles. The molecule has 0 heterocycles. The summed E-state index contributed by atoms with van der Waals surface area (Å²) in [5.41, 5.74) is 0.297. The van der Waals surface area contributed by atoms with E-state index < -0.39 is 22.5 Å². The second kappa shape index (κ2) is 5.17. The average Bonchev–Trinajstić information content (AvgIpc) is 2.38. The first-order valence-corrected chi connectivity index (χ1v) is 6.68. The molecule has 2 aromatic rings. The fourth-order valence-electron chi connectivity index (χ4n) is 1.57. The summed E-state index contributed by atoms with van der Waals surface area (Å²) < 4.78 is 49.4. The Hall–Kier alpha value is -1.62. The zero-order chi connectivity index (χ0) is 14.0. The Morgan fingerprint density at radius 2 is 1.26 bits per heavy atom. The van der Waals surface area contributed by atoms with E-state index in [2.05, 4.69) is 0 Å². The maximum Gasteiger partial charge on any atom is 0.416 e. The van der Waals surface area contributed by atoms with E-state index >= 15 is 0 Å². The lowest BCUT2D eigenvalue weighted by Gasteiger charge is -2.07. The monoisotopic (exact) mass is 284 g/mol. The minimum absolute atomic E-state index is 0.358. The van der Waals surface area contributed by atoms with E-state index in [4.69, 9.17) is 0 Å². The van der Waals surface area contributed by atoms with Gasteiger partial charge in [0.2, 0.25) is 0 Å². The molecule has 0 amide bonds. The maximum atomic E-state index is 12.4. The van der Waals surface area contributed by atoms with Gasteiger partial charge in [-0.2, -0.15) is 13.2 Å². The molecule has 0 aliphatic rings. The van der Waals surface area contributed by atoms with Crippen molar-refractivity contribution in [3.05, 3.63) is 59.7 Å². The topological polar surface area (TPSA) is 17.1 Å². The fraction of sp³-hybridized carbons (Fsp3) is 0.143. The Balaban J connectivity index is 2.27. The number of hydrogen-bond donors (Lipinski definition) is 0. The average molecular weight is 284 g/mol. The lowest BCUT2D eigenvalue weighted by Crippen LogP contribution is -2.04. The van der Waals surface area contributed by atoms with E-state index in [-0.39, 0.29) is 0 Å². The molecule has 5 heteroatoms. The zero-order valence-electron chi connectivity index (χ0n) is 10.1. The number of halogens is 3. The quantitative estimate of drug-likeness (QED) is 0.808. The predicted molar refractivity (Wildman–Crippen MR) is 67.3 cm³/mol. The van der Waals surface area contributed by atoms with Crippen molar-refractivity contribution in [1.29, 1.82) is 0 Å². The summed E-state index contributed by atoms with van der Waals surface area (Å²) in [7, 11) is -1.46. The highest BCUT2D eigenvalue weighted by molar-refractivity contribution is 7.85. The van der Waals surface area contributed by atoms with Gasteiger partial charge in [0.25, 0.3) is 0 Å². The molecule has 0 aliphatic heterocycles. The van der Waals surface area contributed by atoms with Crippen LogP contribution in [0.5, 0.6) is 0 Å². The smallest absolute Gasteiger partial charge is 0.249 e. The Kier molecular flexibility index (Phi) is 3.75. The van der Waals surface area contributed by atoms with Gasteiger partial charge in [-0.25, -0.2) is 4.21 Å². The third-order valence-corrected chi connectivity index (χ3v) is 4.03. The van der Waals surface area contributed by atoms with E-state index in [9.17, 15) is 17.4 Å². The van der Waals surface area contributed by atoms with Gasteiger partial charge in [-0.05, 0) is 43.3 Å². The number of benzene rings is 2. The van der Waals surface area contributed by atoms with Gasteiger partial charge in [0, 0.05) is 9.79 Å². The Bertz CT molecular complexity index is 586. The molecule has 0 bridgehead atoms. The summed E-state index contributed by atoms with van der Waals surface area (Å²) in [4.78, 5) is 0.933. The van der Waals surface area contributed by atoms with Crippen LogP contribution in [0.3, 0.4) is 0 Å². The van der Waals surface area contributed by atoms with Crippen molar-refractivity contribution in [3.8, 4) is 0 Å². The minimum atomic E-state index is -4.37. The third-order valence-electron chi connectivity index (χ3n) is 2.63. The van der Waals surface area contributed by atoms with Crippen LogP contribution in [0.15, 0.2) is 58.3 Å². The Labute approximate surface area is 111 Å². The van der Waals surface area contributed by atoms with Gasteiger partial charge in [-0.1, -0.05) is 17.7 Å². The lowest BCUT2D eigenvalue weighted by atomic mass is 10.2. The van der Waals surface area contributed by atoms with Gasteiger partial charge >= 0.3 is 6.18 Å². The maximum absolute atomic E-state index is 12.4. The second-order valence-corrected chi connectivity index (χ2v) is 5.58. The molecule has 0 N–H and O–H groups in total. The summed E-state index contributed by atoms with van der Waals surface area (Å²) in [6.45, 7) is 1.91. The molecular weight excluding hydrogens is 273 g/mol. The highest BCUT2D eigenvalue weighted by Crippen LogP contribution is 2.30. The summed E-state index contributed by atoms with van der Waals surface area (Å²) in [6, 6.07) is 11.4.